The summed E-state index contributed by atoms with van der Waals surface area (Å²) in [6.45, 7) is 6.79. The highest BCUT2D eigenvalue weighted by atomic mass is 15.3. The molecule has 20 heavy (non-hydrogen) atoms. The summed E-state index contributed by atoms with van der Waals surface area (Å²) in [6, 6.07) is 3.05. The summed E-state index contributed by atoms with van der Waals surface area (Å²) in [5.74, 6) is 7.33. The van der Waals surface area contributed by atoms with Gasteiger partial charge in [0.05, 0.1) is 11.7 Å². The summed E-state index contributed by atoms with van der Waals surface area (Å²) in [4.78, 5) is 0. The molecular formula is C16H30N4. The number of hydrogen-bond acceptors (Lipinski definition) is 3. The van der Waals surface area contributed by atoms with E-state index in [1.165, 1.54) is 25.0 Å². The second-order valence-electron chi connectivity index (χ2n) is 6.41. The van der Waals surface area contributed by atoms with Crippen LogP contribution in [0.4, 0.5) is 0 Å². The number of nitrogens with zero attached hydrogens (tertiary/aromatic N) is 2. The van der Waals surface area contributed by atoms with Gasteiger partial charge in [-0.25, -0.2) is 0 Å². The van der Waals surface area contributed by atoms with E-state index in [2.05, 4.69) is 43.1 Å². The van der Waals surface area contributed by atoms with Crippen molar-refractivity contribution in [3.05, 3.63) is 18.0 Å². The van der Waals surface area contributed by atoms with Crippen molar-refractivity contribution in [1.29, 1.82) is 0 Å². The fourth-order valence-corrected chi connectivity index (χ4v) is 3.56. The Morgan fingerprint density at radius 1 is 1.40 bits per heavy atom. The fraction of sp³-hybridized carbons (Fsp3) is 0.812. The lowest BCUT2D eigenvalue weighted by molar-refractivity contribution is 0.347. The van der Waals surface area contributed by atoms with Crippen LogP contribution >= 0.6 is 0 Å². The minimum absolute atomic E-state index is 0.366. The Kier molecular flexibility index (Phi) is 5.61. The van der Waals surface area contributed by atoms with Gasteiger partial charge in [0, 0.05) is 18.7 Å². The van der Waals surface area contributed by atoms with Crippen LogP contribution in [-0.2, 0) is 6.42 Å². The first kappa shape index (κ1) is 15.5. The molecule has 0 saturated heterocycles. The Morgan fingerprint density at radius 2 is 2.15 bits per heavy atom. The summed E-state index contributed by atoms with van der Waals surface area (Å²) in [6.07, 6.45) is 9.27. The van der Waals surface area contributed by atoms with Crippen molar-refractivity contribution in [2.24, 2.45) is 17.7 Å². The number of nitrogens with two attached hydrogens (primary N) is 1. The normalized spacial score (nSPS) is 24.4. The van der Waals surface area contributed by atoms with Crippen LogP contribution in [0.1, 0.15) is 64.6 Å². The van der Waals surface area contributed by atoms with E-state index in [-0.39, 0.29) is 0 Å². The highest BCUT2D eigenvalue weighted by molar-refractivity contribution is 5.03. The van der Waals surface area contributed by atoms with Gasteiger partial charge in [-0.15, -0.1) is 0 Å². The number of rotatable bonds is 7. The van der Waals surface area contributed by atoms with Crippen LogP contribution in [0.25, 0.3) is 0 Å². The van der Waals surface area contributed by atoms with Gasteiger partial charge in [-0.1, -0.05) is 27.2 Å². The Labute approximate surface area is 123 Å². The summed E-state index contributed by atoms with van der Waals surface area (Å²) >= 11 is 0. The maximum absolute atomic E-state index is 5.78. The van der Waals surface area contributed by atoms with E-state index in [0.29, 0.717) is 18.0 Å². The zero-order chi connectivity index (χ0) is 14.5. The zero-order valence-corrected chi connectivity index (χ0v) is 13.2. The molecular weight excluding hydrogens is 248 g/mol. The third-order valence-electron chi connectivity index (χ3n) is 4.93. The number of hydrazine groups is 1. The molecule has 3 N–H and O–H groups in total. The largest absolute Gasteiger partial charge is 0.271 e. The third-order valence-corrected chi connectivity index (χ3v) is 4.93. The molecule has 3 unspecified atom stereocenters. The van der Waals surface area contributed by atoms with E-state index in [1.54, 1.807) is 0 Å². The van der Waals surface area contributed by atoms with Crippen LogP contribution in [-0.4, -0.2) is 15.8 Å². The standard InChI is InChI=1S/C16H30N4/c1-4-15(5-2)20-9-8-14(19-20)11-16(18-17)13-7-6-12(3)10-13/h8-9,12-13,15-16,18H,4-7,10-11,17H2,1-3H3. The molecule has 4 heteroatoms. The van der Waals surface area contributed by atoms with Crippen molar-refractivity contribution in [2.45, 2.75) is 71.4 Å². The number of aromatic nitrogens is 2. The number of nitrogens with one attached hydrogen (secondary N) is 1. The van der Waals surface area contributed by atoms with E-state index < -0.39 is 0 Å². The van der Waals surface area contributed by atoms with Gasteiger partial charge in [0.2, 0.25) is 0 Å². The van der Waals surface area contributed by atoms with E-state index >= 15 is 0 Å². The molecule has 1 aliphatic rings. The topological polar surface area (TPSA) is 55.9 Å². The van der Waals surface area contributed by atoms with E-state index in [0.717, 1.165) is 25.2 Å². The van der Waals surface area contributed by atoms with Crippen LogP contribution in [0.5, 0.6) is 0 Å². The average molecular weight is 278 g/mol. The van der Waals surface area contributed by atoms with Crippen LogP contribution in [0, 0.1) is 11.8 Å². The first-order valence-corrected chi connectivity index (χ1v) is 8.18. The van der Waals surface area contributed by atoms with Crippen LogP contribution < -0.4 is 11.3 Å². The molecule has 0 bridgehead atoms. The molecule has 3 atom stereocenters. The summed E-state index contributed by atoms with van der Waals surface area (Å²) in [7, 11) is 0. The first-order valence-electron chi connectivity index (χ1n) is 8.18. The Balaban J connectivity index is 1.97. The van der Waals surface area contributed by atoms with Crippen molar-refractivity contribution in [3.8, 4) is 0 Å². The molecule has 114 valence electrons. The second kappa shape index (κ2) is 7.23. The molecule has 2 rings (SSSR count). The maximum Gasteiger partial charge on any atom is 0.0640 e. The van der Waals surface area contributed by atoms with Crippen molar-refractivity contribution < 1.29 is 0 Å². The highest BCUT2D eigenvalue weighted by Crippen LogP contribution is 2.33. The van der Waals surface area contributed by atoms with Gasteiger partial charge >= 0.3 is 0 Å². The fourth-order valence-electron chi connectivity index (χ4n) is 3.56. The lowest BCUT2D eigenvalue weighted by Crippen LogP contribution is -2.41. The molecule has 1 aromatic rings. The molecule has 0 aliphatic heterocycles. The molecule has 1 aromatic heterocycles. The molecule has 1 fully saturated rings. The van der Waals surface area contributed by atoms with E-state index in [4.69, 9.17) is 10.9 Å². The van der Waals surface area contributed by atoms with Gasteiger partial charge in [-0.05, 0) is 43.6 Å². The first-order chi connectivity index (χ1) is 9.67. The maximum atomic E-state index is 5.78. The quantitative estimate of drug-likeness (QED) is 0.595. The SMILES string of the molecule is CCC(CC)n1ccc(CC(NN)C2CCC(C)C2)n1. The zero-order valence-electron chi connectivity index (χ0n) is 13.2. The van der Waals surface area contributed by atoms with Crippen molar-refractivity contribution in [1.82, 2.24) is 15.2 Å². The van der Waals surface area contributed by atoms with Gasteiger partial charge in [-0.2, -0.15) is 5.10 Å². The Hall–Kier alpha value is -0.870. The summed E-state index contributed by atoms with van der Waals surface area (Å²) in [5.41, 5.74) is 4.20. The number of hydrogen-bond donors (Lipinski definition) is 2. The predicted molar refractivity (Wildman–Crippen MR) is 83.2 cm³/mol. The summed E-state index contributed by atoms with van der Waals surface area (Å²) in [5, 5.41) is 4.75. The van der Waals surface area contributed by atoms with Gasteiger partial charge in [-0.3, -0.25) is 16.0 Å². The Morgan fingerprint density at radius 3 is 2.70 bits per heavy atom. The van der Waals surface area contributed by atoms with Crippen molar-refractivity contribution >= 4 is 0 Å². The van der Waals surface area contributed by atoms with Gasteiger partial charge in [0.25, 0.3) is 0 Å². The van der Waals surface area contributed by atoms with E-state index in [9.17, 15) is 0 Å². The molecule has 0 spiro atoms. The lowest BCUT2D eigenvalue weighted by Gasteiger charge is -2.22. The minimum atomic E-state index is 0.366. The molecule has 4 nitrogen and oxygen atoms in total. The van der Waals surface area contributed by atoms with Crippen LogP contribution in [0.15, 0.2) is 12.3 Å². The monoisotopic (exact) mass is 278 g/mol. The highest BCUT2D eigenvalue weighted by Gasteiger charge is 2.28. The predicted octanol–water partition coefficient (Wildman–Crippen LogP) is 3.05. The van der Waals surface area contributed by atoms with E-state index in [1.807, 2.05) is 0 Å². The van der Waals surface area contributed by atoms with Gasteiger partial charge < -0.3 is 0 Å². The molecule has 0 amide bonds. The van der Waals surface area contributed by atoms with Crippen molar-refractivity contribution in [2.75, 3.05) is 0 Å². The van der Waals surface area contributed by atoms with Crippen LogP contribution in [0.2, 0.25) is 0 Å². The molecule has 1 heterocycles. The van der Waals surface area contributed by atoms with Crippen molar-refractivity contribution in [3.63, 3.8) is 0 Å². The minimum Gasteiger partial charge on any atom is -0.271 e. The van der Waals surface area contributed by atoms with Crippen LogP contribution in [0.3, 0.4) is 0 Å². The molecule has 1 saturated carbocycles. The molecule has 0 aromatic carbocycles. The third kappa shape index (κ3) is 3.61. The molecule has 1 aliphatic carbocycles. The molecule has 0 radical (unpaired) electrons. The van der Waals surface area contributed by atoms with Gasteiger partial charge in [0.1, 0.15) is 0 Å². The van der Waals surface area contributed by atoms with Gasteiger partial charge in [0.15, 0.2) is 0 Å². The smallest absolute Gasteiger partial charge is 0.0640 e. The Bertz CT molecular complexity index is 397. The lowest BCUT2D eigenvalue weighted by atomic mass is 9.94. The second-order valence-corrected chi connectivity index (χ2v) is 6.41. The summed E-state index contributed by atoms with van der Waals surface area (Å²) < 4.78 is 2.13. The average Bonchev–Trinajstić information content (AvgIpc) is 3.07.